The van der Waals surface area contributed by atoms with Crippen molar-refractivity contribution in [2.24, 2.45) is 0 Å². The Hall–Kier alpha value is -2.94. The SMILES string of the molecule is Cc1c(C#N)c(NC(=O)CSc2nnc(NC[C@H]3CCCO3)s2)n(-c2cccc(F)c2)c1C. The third-order valence-corrected chi connectivity index (χ3v) is 7.40. The Kier molecular flexibility index (Phi) is 7.27. The van der Waals surface area contributed by atoms with Gasteiger partial charge in [0.2, 0.25) is 11.0 Å². The molecule has 11 heteroatoms. The van der Waals surface area contributed by atoms with Crippen molar-refractivity contribution in [3.63, 3.8) is 0 Å². The number of hydrogen-bond donors (Lipinski definition) is 2. The van der Waals surface area contributed by atoms with E-state index >= 15 is 0 Å². The quantitative estimate of drug-likeness (QED) is 0.458. The molecule has 1 fully saturated rings. The normalized spacial score (nSPS) is 15.4. The lowest BCUT2D eigenvalue weighted by atomic mass is 10.2. The molecule has 4 rings (SSSR count). The molecular formula is C22H23FN6O2S2. The number of aromatic nitrogens is 3. The van der Waals surface area contributed by atoms with Crippen molar-refractivity contribution in [3.05, 3.63) is 46.9 Å². The van der Waals surface area contributed by atoms with E-state index in [4.69, 9.17) is 4.74 Å². The maximum atomic E-state index is 13.8. The van der Waals surface area contributed by atoms with E-state index in [1.165, 1.54) is 35.2 Å². The van der Waals surface area contributed by atoms with Crippen LogP contribution in [0, 0.1) is 31.0 Å². The van der Waals surface area contributed by atoms with Crippen LogP contribution in [0.1, 0.15) is 29.7 Å². The number of thioether (sulfide) groups is 1. The minimum atomic E-state index is -0.398. The number of nitriles is 1. The summed E-state index contributed by atoms with van der Waals surface area (Å²) < 4.78 is 21.8. The number of amides is 1. The summed E-state index contributed by atoms with van der Waals surface area (Å²) in [4.78, 5) is 12.7. The van der Waals surface area contributed by atoms with Gasteiger partial charge >= 0.3 is 0 Å². The Balaban J connectivity index is 1.42. The third kappa shape index (κ3) is 5.35. The van der Waals surface area contributed by atoms with Crippen molar-refractivity contribution < 1.29 is 13.9 Å². The monoisotopic (exact) mass is 486 g/mol. The topological polar surface area (TPSA) is 105 Å². The number of hydrogen-bond acceptors (Lipinski definition) is 8. The first kappa shape index (κ1) is 23.2. The second kappa shape index (κ2) is 10.3. The van der Waals surface area contributed by atoms with Crippen molar-refractivity contribution in [3.8, 4) is 11.8 Å². The van der Waals surface area contributed by atoms with Gasteiger partial charge in [-0.05, 0) is 50.5 Å². The van der Waals surface area contributed by atoms with Gasteiger partial charge in [-0.15, -0.1) is 10.2 Å². The average molecular weight is 487 g/mol. The highest BCUT2D eigenvalue weighted by molar-refractivity contribution is 8.01. The molecule has 8 nitrogen and oxygen atoms in total. The molecule has 0 bridgehead atoms. The average Bonchev–Trinajstić information content (AvgIpc) is 3.52. The minimum absolute atomic E-state index is 0.0949. The number of nitrogens with one attached hydrogen (secondary N) is 2. The van der Waals surface area contributed by atoms with Crippen LogP contribution in [-0.4, -0.2) is 45.7 Å². The largest absolute Gasteiger partial charge is 0.376 e. The van der Waals surface area contributed by atoms with Crippen molar-refractivity contribution >= 4 is 40.0 Å². The summed E-state index contributed by atoms with van der Waals surface area (Å²) in [5, 5.41) is 24.6. The molecule has 1 aromatic carbocycles. The summed E-state index contributed by atoms with van der Waals surface area (Å²) >= 11 is 2.64. The first-order valence-electron chi connectivity index (χ1n) is 10.5. The highest BCUT2D eigenvalue weighted by Crippen LogP contribution is 2.31. The predicted octanol–water partition coefficient (Wildman–Crippen LogP) is 4.28. The van der Waals surface area contributed by atoms with Gasteiger partial charge in [-0.3, -0.25) is 9.36 Å². The number of carbonyl (C=O) groups excluding carboxylic acids is 1. The predicted molar refractivity (Wildman–Crippen MR) is 127 cm³/mol. The van der Waals surface area contributed by atoms with E-state index in [9.17, 15) is 14.4 Å². The molecule has 1 amide bonds. The fourth-order valence-electron chi connectivity index (χ4n) is 3.64. The molecule has 0 unspecified atom stereocenters. The van der Waals surface area contributed by atoms with Crippen molar-refractivity contribution in [2.75, 3.05) is 29.5 Å². The van der Waals surface area contributed by atoms with Gasteiger partial charge in [0.1, 0.15) is 17.7 Å². The fraction of sp³-hybridized carbons (Fsp3) is 0.364. The van der Waals surface area contributed by atoms with Crippen LogP contribution in [-0.2, 0) is 9.53 Å². The highest BCUT2D eigenvalue weighted by atomic mass is 32.2. The third-order valence-electron chi connectivity index (χ3n) is 5.39. The number of rotatable bonds is 8. The van der Waals surface area contributed by atoms with Crippen LogP contribution in [0.3, 0.4) is 0 Å². The molecule has 3 heterocycles. The Labute approximate surface area is 199 Å². The number of carbonyl (C=O) groups is 1. The van der Waals surface area contributed by atoms with E-state index < -0.39 is 5.82 Å². The Morgan fingerprint density at radius 1 is 1.42 bits per heavy atom. The molecule has 0 spiro atoms. The van der Waals surface area contributed by atoms with E-state index in [0.717, 1.165) is 30.7 Å². The van der Waals surface area contributed by atoms with Gasteiger partial charge in [0.15, 0.2) is 4.34 Å². The van der Waals surface area contributed by atoms with Gasteiger partial charge in [-0.1, -0.05) is 29.2 Å². The summed E-state index contributed by atoms with van der Waals surface area (Å²) in [6.07, 6.45) is 2.31. The summed E-state index contributed by atoms with van der Waals surface area (Å²) in [7, 11) is 0. The van der Waals surface area contributed by atoms with Crippen LogP contribution in [0.4, 0.5) is 15.3 Å². The van der Waals surface area contributed by atoms with E-state index in [0.29, 0.717) is 33.1 Å². The van der Waals surface area contributed by atoms with Gasteiger partial charge in [-0.25, -0.2) is 4.39 Å². The van der Waals surface area contributed by atoms with Crippen molar-refractivity contribution in [2.45, 2.75) is 37.1 Å². The van der Waals surface area contributed by atoms with Crippen molar-refractivity contribution in [1.82, 2.24) is 14.8 Å². The summed E-state index contributed by atoms with van der Waals surface area (Å²) in [5.74, 6) is -0.266. The summed E-state index contributed by atoms with van der Waals surface area (Å²) in [6, 6.07) is 8.19. The van der Waals surface area contributed by atoms with Crippen molar-refractivity contribution in [1.29, 1.82) is 5.26 Å². The lowest BCUT2D eigenvalue weighted by Gasteiger charge is -2.13. The molecule has 1 atom stereocenters. The van der Waals surface area contributed by atoms with Gasteiger partial charge < -0.3 is 15.4 Å². The minimum Gasteiger partial charge on any atom is -0.376 e. The van der Waals surface area contributed by atoms with E-state index in [1.54, 1.807) is 23.6 Å². The number of benzene rings is 1. The van der Waals surface area contributed by atoms with Crippen LogP contribution >= 0.6 is 23.1 Å². The molecule has 33 heavy (non-hydrogen) atoms. The molecule has 1 aliphatic rings. The van der Waals surface area contributed by atoms with Gasteiger partial charge in [0, 0.05) is 18.8 Å². The highest BCUT2D eigenvalue weighted by Gasteiger charge is 2.21. The molecule has 3 aromatic rings. The van der Waals surface area contributed by atoms with E-state index in [1.807, 2.05) is 6.92 Å². The van der Waals surface area contributed by atoms with E-state index in [-0.39, 0.29) is 17.8 Å². The Bertz CT molecular complexity index is 1200. The van der Waals surface area contributed by atoms with Crippen LogP contribution in [0.2, 0.25) is 0 Å². The molecule has 0 radical (unpaired) electrons. The Morgan fingerprint density at radius 2 is 2.27 bits per heavy atom. The molecule has 1 aliphatic heterocycles. The molecule has 0 aliphatic carbocycles. The van der Waals surface area contributed by atoms with Crippen LogP contribution in [0.15, 0.2) is 28.6 Å². The number of nitrogens with zero attached hydrogens (tertiary/aromatic N) is 4. The first-order valence-corrected chi connectivity index (χ1v) is 12.3. The molecule has 0 saturated carbocycles. The lowest BCUT2D eigenvalue weighted by Crippen LogP contribution is -2.18. The zero-order valence-corrected chi connectivity index (χ0v) is 19.9. The van der Waals surface area contributed by atoms with Gasteiger partial charge in [-0.2, -0.15) is 5.26 Å². The standard InChI is InChI=1S/C22H23FN6O2S2/c1-13-14(2)29(16-6-3-5-15(23)9-16)20(18(13)10-24)26-19(30)12-32-22-28-27-21(33-22)25-11-17-7-4-8-31-17/h3,5-6,9,17H,4,7-8,11-12H2,1-2H3,(H,25,27)(H,26,30)/t17-/m1/s1. The number of halogens is 1. The Morgan fingerprint density at radius 3 is 3.00 bits per heavy atom. The summed E-state index contributed by atoms with van der Waals surface area (Å²) in [5.41, 5.74) is 2.37. The number of anilines is 2. The fourth-order valence-corrected chi connectivity index (χ4v) is 5.20. The summed E-state index contributed by atoms with van der Waals surface area (Å²) in [6.45, 7) is 5.12. The van der Waals surface area contributed by atoms with Crippen LogP contribution in [0.25, 0.3) is 5.69 Å². The molecule has 172 valence electrons. The molecule has 1 saturated heterocycles. The smallest absolute Gasteiger partial charge is 0.235 e. The maximum Gasteiger partial charge on any atom is 0.235 e. The van der Waals surface area contributed by atoms with Gasteiger partial charge in [0.05, 0.1) is 23.1 Å². The second-order valence-electron chi connectivity index (χ2n) is 7.59. The van der Waals surface area contributed by atoms with E-state index in [2.05, 4.69) is 26.9 Å². The second-order valence-corrected chi connectivity index (χ2v) is 9.79. The zero-order valence-electron chi connectivity index (χ0n) is 18.2. The van der Waals surface area contributed by atoms with Gasteiger partial charge in [0.25, 0.3) is 0 Å². The van der Waals surface area contributed by atoms with Crippen LogP contribution in [0.5, 0.6) is 0 Å². The molecular weight excluding hydrogens is 463 g/mol. The molecule has 2 aromatic heterocycles. The lowest BCUT2D eigenvalue weighted by molar-refractivity contribution is -0.113. The van der Waals surface area contributed by atoms with Crippen LogP contribution < -0.4 is 10.6 Å². The zero-order chi connectivity index (χ0) is 23.4. The number of ether oxygens (including phenoxy) is 1. The molecule has 2 N–H and O–H groups in total. The first-order chi connectivity index (χ1) is 16.0. The maximum absolute atomic E-state index is 13.8.